The number of rotatable bonds is 5. The van der Waals surface area contributed by atoms with Crippen LogP contribution in [0.2, 0.25) is 0 Å². The summed E-state index contributed by atoms with van der Waals surface area (Å²) in [5, 5.41) is 3.46. The fraction of sp³-hybridized carbons (Fsp3) is 0. The number of aromatic nitrogens is 3. The first kappa shape index (κ1) is 19.8. The van der Waals surface area contributed by atoms with Crippen LogP contribution in [-0.4, -0.2) is 20.9 Å². The van der Waals surface area contributed by atoms with Crippen molar-refractivity contribution in [3.63, 3.8) is 0 Å². The number of benzene rings is 3. The summed E-state index contributed by atoms with van der Waals surface area (Å²) in [6.07, 6.45) is 3.16. The van der Waals surface area contributed by atoms with E-state index >= 15 is 0 Å². The molecule has 5 rings (SSSR count). The molecule has 1 amide bonds. The molecule has 0 aliphatic rings. The molecule has 156 valence electrons. The molecule has 0 aliphatic carbocycles. The van der Waals surface area contributed by atoms with Crippen LogP contribution >= 0.6 is 11.8 Å². The van der Waals surface area contributed by atoms with Crippen LogP contribution in [0.4, 0.5) is 11.5 Å². The number of carbonyl (C=O) groups is 1. The zero-order valence-corrected chi connectivity index (χ0v) is 17.6. The molecule has 0 saturated heterocycles. The van der Waals surface area contributed by atoms with Crippen molar-refractivity contribution < 1.29 is 4.79 Å². The Balaban J connectivity index is 1.37. The van der Waals surface area contributed by atoms with Crippen LogP contribution in [0.3, 0.4) is 0 Å². The standard InChI is InChI=1S/C24H18N6OS/c25-20-22(29-30-23(31)18-11-3-7-15-6-1-2-10-17(15)18)27-14-28-24(20)32-19-12-4-8-16-9-5-13-26-21(16)19/h1-14H,25H2,(H,30,31)(H,27,28,29). The first-order chi connectivity index (χ1) is 15.7. The van der Waals surface area contributed by atoms with E-state index < -0.39 is 0 Å². The van der Waals surface area contributed by atoms with Crippen molar-refractivity contribution in [1.29, 1.82) is 0 Å². The molecule has 0 fully saturated rings. The molecule has 0 bridgehead atoms. The lowest BCUT2D eigenvalue weighted by molar-refractivity contribution is 0.0964. The number of pyridine rings is 1. The van der Waals surface area contributed by atoms with E-state index in [-0.39, 0.29) is 5.91 Å². The number of amides is 1. The average Bonchev–Trinajstić information content (AvgIpc) is 2.84. The number of hydrogen-bond donors (Lipinski definition) is 3. The topological polar surface area (TPSA) is 106 Å². The zero-order valence-electron chi connectivity index (χ0n) is 16.8. The highest BCUT2D eigenvalue weighted by atomic mass is 32.2. The van der Waals surface area contributed by atoms with Crippen LogP contribution in [0, 0.1) is 0 Å². The number of hydrogen-bond acceptors (Lipinski definition) is 7. The Morgan fingerprint density at radius 2 is 1.62 bits per heavy atom. The van der Waals surface area contributed by atoms with Gasteiger partial charge in [0, 0.05) is 22.0 Å². The highest BCUT2D eigenvalue weighted by Crippen LogP contribution is 2.35. The number of fused-ring (bicyclic) bond motifs is 2. The second kappa shape index (κ2) is 8.52. The van der Waals surface area contributed by atoms with Gasteiger partial charge < -0.3 is 5.73 Å². The smallest absolute Gasteiger partial charge is 0.270 e. The molecular formula is C24H18N6OS. The van der Waals surface area contributed by atoms with Gasteiger partial charge in [-0.15, -0.1) is 0 Å². The average molecular weight is 439 g/mol. The highest BCUT2D eigenvalue weighted by molar-refractivity contribution is 7.99. The largest absolute Gasteiger partial charge is 0.393 e. The van der Waals surface area contributed by atoms with Gasteiger partial charge in [0.25, 0.3) is 5.91 Å². The predicted molar refractivity (Wildman–Crippen MR) is 127 cm³/mol. The summed E-state index contributed by atoms with van der Waals surface area (Å²) in [4.78, 5) is 26.7. The molecular weight excluding hydrogens is 420 g/mol. The van der Waals surface area contributed by atoms with E-state index in [2.05, 4.69) is 25.8 Å². The molecule has 4 N–H and O–H groups in total. The first-order valence-electron chi connectivity index (χ1n) is 9.87. The van der Waals surface area contributed by atoms with E-state index in [0.29, 0.717) is 22.1 Å². The third-order valence-electron chi connectivity index (χ3n) is 4.98. The number of nitrogens with zero attached hydrogens (tertiary/aromatic N) is 3. The van der Waals surface area contributed by atoms with E-state index in [4.69, 9.17) is 5.73 Å². The van der Waals surface area contributed by atoms with E-state index in [9.17, 15) is 4.79 Å². The predicted octanol–water partition coefficient (Wildman–Crippen LogP) is 4.67. The van der Waals surface area contributed by atoms with Crippen molar-refractivity contribution in [2.75, 3.05) is 11.2 Å². The third kappa shape index (κ3) is 3.79. The maximum Gasteiger partial charge on any atom is 0.270 e. The SMILES string of the molecule is Nc1c(NNC(=O)c2cccc3ccccc23)ncnc1Sc1cccc2cccnc12. The van der Waals surface area contributed by atoms with Crippen LogP contribution in [-0.2, 0) is 0 Å². The Bertz CT molecular complexity index is 1440. The zero-order chi connectivity index (χ0) is 21.9. The molecule has 8 heteroatoms. The summed E-state index contributed by atoms with van der Waals surface area (Å²) in [6, 6.07) is 23.2. The molecule has 0 unspecified atom stereocenters. The van der Waals surface area contributed by atoms with Gasteiger partial charge in [0.2, 0.25) is 0 Å². The Hall–Kier alpha value is -4.17. The Labute approximate surface area is 188 Å². The summed E-state index contributed by atoms with van der Waals surface area (Å²) in [7, 11) is 0. The number of carbonyl (C=O) groups excluding carboxylic acids is 1. The van der Waals surface area contributed by atoms with Crippen molar-refractivity contribution >= 4 is 50.8 Å². The highest BCUT2D eigenvalue weighted by Gasteiger charge is 2.14. The molecule has 0 spiro atoms. The van der Waals surface area contributed by atoms with Crippen LogP contribution < -0.4 is 16.6 Å². The van der Waals surface area contributed by atoms with Crippen molar-refractivity contribution in [3.05, 3.63) is 90.9 Å². The minimum absolute atomic E-state index is 0.285. The van der Waals surface area contributed by atoms with Gasteiger partial charge in [0.15, 0.2) is 5.82 Å². The molecule has 2 heterocycles. The number of para-hydroxylation sites is 1. The fourth-order valence-electron chi connectivity index (χ4n) is 3.43. The number of anilines is 2. The van der Waals surface area contributed by atoms with Crippen molar-refractivity contribution in [2.24, 2.45) is 0 Å². The van der Waals surface area contributed by atoms with Crippen molar-refractivity contribution in [1.82, 2.24) is 20.4 Å². The Morgan fingerprint density at radius 1 is 0.844 bits per heavy atom. The van der Waals surface area contributed by atoms with Crippen LogP contribution in [0.25, 0.3) is 21.7 Å². The van der Waals surface area contributed by atoms with Gasteiger partial charge in [-0.05, 0) is 29.0 Å². The second-order valence-corrected chi connectivity index (χ2v) is 8.01. The van der Waals surface area contributed by atoms with Crippen LogP contribution in [0.15, 0.2) is 95.2 Å². The number of nitrogen functional groups attached to an aromatic ring is 1. The molecule has 2 aromatic heterocycles. The third-order valence-corrected chi connectivity index (χ3v) is 6.05. The normalized spacial score (nSPS) is 10.9. The molecule has 5 aromatic rings. The lowest BCUT2D eigenvalue weighted by Gasteiger charge is -2.13. The van der Waals surface area contributed by atoms with Gasteiger partial charge in [-0.1, -0.05) is 66.4 Å². The Morgan fingerprint density at radius 3 is 2.56 bits per heavy atom. The van der Waals surface area contributed by atoms with Crippen LogP contribution in [0.5, 0.6) is 0 Å². The minimum Gasteiger partial charge on any atom is -0.393 e. The second-order valence-electron chi connectivity index (χ2n) is 6.98. The van der Waals surface area contributed by atoms with Gasteiger partial charge in [-0.3, -0.25) is 20.6 Å². The summed E-state index contributed by atoms with van der Waals surface area (Å²) < 4.78 is 0. The fourth-order valence-corrected chi connectivity index (χ4v) is 4.36. The lowest BCUT2D eigenvalue weighted by Crippen LogP contribution is -2.30. The Kier molecular flexibility index (Phi) is 5.27. The summed E-state index contributed by atoms with van der Waals surface area (Å²) in [6.45, 7) is 0. The van der Waals surface area contributed by atoms with E-state index in [1.807, 2.05) is 66.7 Å². The minimum atomic E-state index is -0.285. The van der Waals surface area contributed by atoms with E-state index in [0.717, 1.165) is 26.6 Å². The molecule has 7 nitrogen and oxygen atoms in total. The maximum atomic E-state index is 12.8. The molecule has 0 aliphatic heterocycles. The van der Waals surface area contributed by atoms with Crippen LogP contribution in [0.1, 0.15) is 10.4 Å². The summed E-state index contributed by atoms with van der Waals surface area (Å²) in [5.74, 6) is 0.0385. The van der Waals surface area contributed by atoms with E-state index in [1.165, 1.54) is 18.1 Å². The maximum absolute atomic E-state index is 12.8. The first-order valence-corrected chi connectivity index (χ1v) is 10.7. The quantitative estimate of drug-likeness (QED) is 0.270. The van der Waals surface area contributed by atoms with Gasteiger partial charge in [0.05, 0.1) is 5.52 Å². The van der Waals surface area contributed by atoms with Gasteiger partial charge in [-0.25, -0.2) is 9.97 Å². The number of nitrogens with two attached hydrogens (primary N) is 1. The molecule has 32 heavy (non-hydrogen) atoms. The molecule has 3 aromatic carbocycles. The number of hydrazine groups is 1. The summed E-state index contributed by atoms with van der Waals surface area (Å²) >= 11 is 1.40. The van der Waals surface area contributed by atoms with Crippen molar-refractivity contribution in [3.8, 4) is 0 Å². The molecule has 0 atom stereocenters. The van der Waals surface area contributed by atoms with Gasteiger partial charge in [-0.2, -0.15) is 0 Å². The van der Waals surface area contributed by atoms with Crippen molar-refractivity contribution in [2.45, 2.75) is 9.92 Å². The summed E-state index contributed by atoms with van der Waals surface area (Å²) in [5.41, 5.74) is 13.6. The van der Waals surface area contributed by atoms with Gasteiger partial charge in [0.1, 0.15) is 17.0 Å². The lowest BCUT2D eigenvalue weighted by atomic mass is 10.0. The molecule has 0 saturated carbocycles. The van der Waals surface area contributed by atoms with Gasteiger partial charge >= 0.3 is 0 Å². The van der Waals surface area contributed by atoms with E-state index in [1.54, 1.807) is 12.3 Å². The molecule has 0 radical (unpaired) electrons. The number of nitrogens with one attached hydrogen (secondary N) is 2. The monoisotopic (exact) mass is 438 g/mol.